The summed E-state index contributed by atoms with van der Waals surface area (Å²) in [5, 5.41) is 3.51. The van der Waals surface area contributed by atoms with Gasteiger partial charge < -0.3 is 11.1 Å². The molecule has 0 spiro atoms. The Kier molecular flexibility index (Phi) is 6.23. The van der Waals surface area contributed by atoms with Gasteiger partial charge in [-0.25, -0.2) is 0 Å². The molecule has 2 heteroatoms. The van der Waals surface area contributed by atoms with Crippen molar-refractivity contribution in [2.75, 3.05) is 19.6 Å². The van der Waals surface area contributed by atoms with Crippen LogP contribution in [0.4, 0.5) is 0 Å². The molecule has 0 saturated heterocycles. The summed E-state index contributed by atoms with van der Waals surface area (Å²) in [5.74, 6) is 1.25. The third-order valence-corrected chi connectivity index (χ3v) is 3.33. The maximum absolute atomic E-state index is 5.75. The Morgan fingerprint density at radius 2 is 2.06 bits per heavy atom. The molecule has 0 radical (unpaired) electrons. The van der Waals surface area contributed by atoms with E-state index >= 15 is 0 Å². The van der Waals surface area contributed by atoms with E-state index in [0.29, 0.717) is 11.8 Å². The van der Waals surface area contributed by atoms with Crippen molar-refractivity contribution in [1.29, 1.82) is 0 Å². The number of nitrogens with two attached hydrogens (primary N) is 1. The first-order valence-corrected chi connectivity index (χ1v) is 6.59. The van der Waals surface area contributed by atoms with Crippen LogP contribution in [0.25, 0.3) is 0 Å². The van der Waals surface area contributed by atoms with E-state index in [2.05, 4.69) is 50.4 Å². The van der Waals surface area contributed by atoms with Crippen molar-refractivity contribution >= 4 is 0 Å². The predicted octanol–water partition coefficient (Wildman–Crippen LogP) is 2.36. The zero-order chi connectivity index (χ0) is 12.7. The van der Waals surface area contributed by atoms with E-state index in [-0.39, 0.29) is 0 Å². The number of rotatable bonds is 7. The summed E-state index contributed by atoms with van der Waals surface area (Å²) < 4.78 is 0. The van der Waals surface area contributed by atoms with Gasteiger partial charge in [0, 0.05) is 0 Å². The maximum Gasteiger partial charge on any atom is -0.000588 e. The van der Waals surface area contributed by atoms with Crippen molar-refractivity contribution in [1.82, 2.24) is 5.32 Å². The van der Waals surface area contributed by atoms with Gasteiger partial charge in [-0.05, 0) is 50.4 Å². The van der Waals surface area contributed by atoms with Crippen LogP contribution in [0.2, 0.25) is 0 Å². The fourth-order valence-electron chi connectivity index (χ4n) is 1.98. The van der Waals surface area contributed by atoms with E-state index in [1.807, 2.05) is 0 Å². The van der Waals surface area contributed by atoms with Crippen LogP contribution in [-0.2, 0) is 6.42 Å². The Balaban J connectivity index is 2.24. The van der Waals surface area contributed by atoms with E-state index in [4.69, 9.17) is 5.73 Å². The average Bonchev–Trinajstić information content (AvgIpc) is 2.28. The van der Waals surface area contributed by atoms with Crippen LogP contribution in [0.3, 0.4) is 0 Å². The number of nitrogens with one attached hydrogen (secondary N) is 1. The van der Waals surface area contributed by atoms with Gasteiger partial charge in [-0.3, -0.25) is 0 Å². The van der Waals surface area contributed by atoms with Gasteiger partial charge in [0.05, 0.1) is 0 Å². The van der Waals surface area contributed by atoms with Gasteiger partial charge in [-0.15, -0.1) is 0 Å². The molecule has 96 valence electrons. The molecule has 1 unspecified atom stereocenters. The topological polar surface area (TPSA) is 38.0 Å². The fourth-order valence-corrected chi connectivity index (χ4v) is 1.98. The average molecular weight is 234 g/mol. The summed E-state index contributed by atoms with van der Waals surface area (Å²) in [6.45, 7) is 9.45. The third-order valence-electron chi connectivity index (χ3n) is 3.33. The summed E-state index contributed by atoms with van der Waals surface area (Å²) >= 11 is 0. The Labute approximate surface area is 106 Å². The summed E-state index contributed by atoms with van der Waals surface area (Å²) in [7, 11) is 0. The molecular formula is C15H26N2. The zero-order valence-electron chi connectivity index (χ0n) is 11.4. The van der Waals surface area contributed by atoms with Crippen molar-refractivity contribution in [3.05, 3.63) is 35.4 Å². The lowest BCUT2D eigenvalue weighted by Crippen LogP contribution is -2.32. The number of hydrogen-bond acceptors (Lipinski definition) is 2. The number of aryl methyl sites for hydroxylation is 1. The third kappa shape index (κ3) is 5.33. The van der Waals surface area contributed by atoms with Gasteiger partial charge in [0.2, 0.25) is 0 Å². The van der Waals surface area contributed by atoms with Crippen LogP contribution < -0.4 is 11.1 Å². The Bertz CT molecular complexity index is 320. The van der Waals surface area contributed by atoms with Gasteiger partial charge in [-0.2, -0.15) is 0 Å². The molecule has 0 saturated carbocycles. The molecule has 3 N–H and O–H groups in total. The summed E-state index contributed by atoms with van der Waals surface area (Å²) in [5.41, 5.74) is 8.49. The van der Waals surface area contributed by atoms with E-state index in [0.717, 1.165) is 26.1 Å². The van der Waals surface area contributed by atoms with E-state index in [1.165, 1.54) is 11.1 Å². The molecule has 0 bridgehead atoms. The summed E-state index contributed by atoms with van der Waals surface area (Å²) in [4.78, 5) is 0. The molecule has 1 aromatic carbocycles. The molecule has 0 aliphatic rings. The van der Waals surface area contributed by atoms with Gasteiger partial charge in [0.15, 0.2) is 0 Å². The molecule has 0 aliphatic heterocycles. The lowest BCUT2D eigenvalue weighted by atomic mass is 9.96. The first-order valence-electron chi connectivity index (χ1n) is 6.59. The molecule has 1 rings (SSSR count). The summed E-state index contributed by atoms with van der Waals surface area (Å²) in [6, 6.07) is 8.71. The van der Waals surface area contributed by atoms with E-state index in [1.54, 1.807) is 0 Å². The predicted molar refractivity (Wildman–Crippen MR) is 75.1 cm³/mol. The van der Waals surface area contributed by atoms with Crippen molar-refractivity contribution in [3.8, 4) is 0 Å². The van der Waals surface area contributed by atoms with Crippen LogP contribution in [0, 0.1) is 18.8 Å². The zero-order valence-corrected chi connectivity index (χ0v) is 11.4. The maximum atomic E-state index is 5.75. The second kappa shape index (κ2) is 7.46. The quantitative estimate of drug-likeness (QED) is 0.711. The second-order valence-corrected chi connectivity index (χ2v) is 5.18. The molecule has 0 aliphatic carbocycles. The van der Waals surface area contributed by atoms with Crippen LogP contribution in [0.5, 0.6) is 0 Å². The van der Waals surface area contributed by atoms with Crippen LogP contribution in [0.15, 0.2) is 24.3 Å². The highest BCUT2D eigenvalue weighted by atomic mass is 14.9. The van der Waals surface area contributed by atoms with Crippen molar-refractivity contribution < 1.29 is 0 Å². The summed E-state index contributed by atoms with van der Waals surface area (Å²) in [6.07, 6.45) is 1.09. The van der Waals surface area contributed by atoms with Gasteiger partial charge >= 0.3 is 0 Å². The number of hydrogen-bond donors (Lipinski definition) is 2. The van der Waals surface area contributed by atoms with Crippen LogP contribution >= 0.6 is 0 Å². The van der Waals surface area contributed by atoms with Crippen molar-refractivity contribution in [2.45, 2.75) is 27.2 Å². The number of benzene rings is 1. The highest BCUT2D eigenvalue weighted by Gasteiger charge is 2.09. The highest BCUT2D eigenvalue weighted by Crippen LogP contribution is 2.08. The van der Waals surface area contributed by atoms with Gasteiger partial charge in [-0.1, -0.05) is 43.7 Å². The van der Waals surface area contributed by atoms with Crippen molar-refractivity contribution in [3.63, 3.8) is 0 Å². The first-order chi connectivity index (χ1) is 8.13. The Morgan fingerprint density at radius 3 is 2.65 bits per heavy atom. The first kappa shape index (κ1) is 14.2. The largest absolute Gasteiger partial charge is 0.330 e. The van der Waals surface area contributed by atoms with Gasteiger partial charge in [0.1, 0.15) is 0 Å². The van der Waals surface area contributed by atoms with Crippen LogP contribution in [0.1, 0.15) is 25.0 Å². The highest BCUT2D eigenvalue weighted by molar-refractivity contribution is 5.22. The van der Waals surface area contributed by atoms with Crippen molar-refractivity contribution in [2.24, 2.45) is 17.6 Å². The Hall–Kier alpha value is -0.860. The molecule has 17 heavy (non-hydrogen) atoms. The smallest absolute Gasteiger partial charge is 0.000588 e. The standard InChI is InChI=1S/C15H26N2/c1-12(2)15(10-16)11-17-8-7-14-6-4-5-13(3)9-14/h4-6,9,12,15,17H,7-8,10-11,16H2,1-3H3. The fraction of sp³-hybridized carbons (Fsp3) is 0.600. The lowest BCUT2D eigenvalue weighted by Gasteiger charge is -2.19. The molecule has 1 aromatic rings. The molecule has 0 fully saturated rings. The molecule has 0 aromatic heterocycles. The minimum Gasteiger partial charge on any atom is -0.330 e. The molecular weight excluding hydrogens is 208 g/mol. The SMILES string of the molecule is Cc1cccc(CCNCC(CN)C(C)C)c1. The van der Waals surface area contributed by atoms with Crippen LogP contribution in [-0.4, -0.2) is 19.6 Å². The minimum absolute atomic E-state index is 0.590. The van der Waals surface area contributed by atoms with E-state index in [9.17, 15) is 0 Å². The molecule has 0 heterocycles. The second-order valence-electron chi connectivity index (χ2n) is 5.18. The molecule has 0 amide bonds. The lowest BCUT2D eigenvalue weighted by molar-refractivity contribution is 0.372. The minimum atomic E-state index is 0.590. The monoisotopic (exact) mass is 234 g/mol. The Morgan fingerprint density at radius 1 is 1.29 bits per heavy atom. The molecule has 2 nitrogen and oxygen atoms in total. The van der Waals surface area contributed by atoms with E-state index < -0.39 is 0 Å². The normalized spacial score (nSPS) is 13.0. The van der Waals surface area contributed by atoms with Gasteiger partial charge in [0.25, 0.3) is 0 Å². The molecule has 1 atom stereocenters.